The Labute approximate surface area is 154 Å². The molecule has 4 rings (SSSR count). The van der Waals surface area contributed by atoms with Crippen LogP contribution in [0.2, 0.25) is 0 Å². The Balaban J connectivity index is 1.35. The lowest BCUT2D eigenvalue weighted by atomic mass is 10.1. The molecule has 0 N–H and O–H groups in total. The normalized spacial score (nSPS) is 15.2. The van der Waals surface area contributed by atoms with E-state index in [9.17, 15) is 4.79 Å². The van der Waals surface area contributed by atoms with Crippen molar-refractivity contribution in [2.75, 3.05) is 13.1 Å². The number of hydrogen-bond donors (Lipinski definition) is 0. The monoisotopic (exact) mass is 370 g/mol. The van der Waals surface area contributed by atoms with E-state index in [1.807, 2.05) is 24.4 Å². The number of hydrogen-bond acceptors (Lipinski definition) is 7. The number of likely N-dealkylation sites (tertiary alicyclic amines) is 1. The summed E-state index contributed by atoms with van der Waals surface area (Å²) in [4.78, 5) is 23.7. The number of amides is 1. The average Bonchev–Trinajstić information content (AvgIpc) is 3.33. The molecule has 3 aromatic heterocycles. The van der Waals surface area contributed by atoms with Crippen LogP contribution >= 0.6 is 11.3 Å². The molecule has 1 aliphatic heterocycles. The summed E-state index contributed by atoms with van der Waals surface area (Å²) in [5.74, 6) is 1.79. The molecule has 134 valence electrons. The average molecular weight is 370 g/mol. The number of ether oxygens (including phenoxy) is 1. The number of aryl methyl sites for hydroxylation is 1. The van der Waals surface area contributed by atoms with Crippen LogP contribution in [0.5, 0.6) is 5.88 Å². The predicted octanol–water partition coefficient (Wildman–Crippen LogP) is 3.19. The molecule has 0 saturated carbocycles. The maximum Gasteiger partial charge on any atom is 0.276 e. The molecule has 26 heavy (non-hydrogen) atoms. The highest BCUT2D eigenvalue weighted by atomic mass is 32.1. The SMILES string of the molecule is Cc1nccc(OC2CCN(C(=O)c3cc(-c4cccs4)on3)CC2)n1. The Hall–Kier alpha value is -2.74. The Kier molecular flexibility index (Phi) is 4.66. The van der Waals surface area contributed by atoms with Gasteiger partial charge >= 0.3 is 0 Å². The Morgan fingerprint density at radius 2 is 2.19 bits per heavy atom. The maximum absolute atomic E-state index is 12.6. The highest BCUT2D eigenvalue weighted by Crippen LogP contribution is 2.26. The van der Waals surface area contributed by atoms with Crippen LogP contribution in [-0.2, 0) is 0 Å². The van der Waals surface area contributed by atoms with Crippen molar-refractivity contribution in [2.45, 2.75) is 25.9 Å². The van der Waals surface area contributed by atoms with Crippen molar-refractivity contribution in [3.05, 3.63) is 47.4 Å². The summed E-state index contributed by atoms with van der Waals surface area (Å²) < 4.78 is 11.2. The highest BCUT2D eigenvalue weighted by Gasteiger charge is 2.27. The molecule has 1 amide bonds. The van der Waals surface area contributed by atoms with E-state index >= 15 is 0 Å². The molecule has 0 unspecified atom stereocenters. The fraction of sp³-hybridized carbons (Fsp3) is 0.333. The molecule has 0 radical (unpaired) electrons. The summed E-state index contributed by atoms with van der Waals surface area (Å²) in [5, 5.41) is 5.90. The summed E-state index contributed by atoms with van der Waals surface area (Å²) in [5.41, 5.74) is 0.346. The van der Waals surface area contributed by atoms with Gasteiger partial charge in [0.05, 0.1) is 4.88 Å². The van der Waals surface area contributed by atoms with Crippen molar-refractivity contribution < 1.29 is 14.1 Å². The number of thiophene rings is 1. The lowest BCUT2D eigenvalue weighted by molar-refractivity contribution is 0.0578. The van der Waals surface area contributed by atoms with Crippen LogP contribution in [0, 0.1) is 6.92 Å². The van der Waals surface area contributed by atoms with E-state index in [1.54, 1.807) is 34.6 Å². The molecule has 1 saturated heterocycles. The fourth-order valence-corrected chi connectivity index (χ4v) is 3.59. The Bertz CT molecular complexity index is 885. The van der Waals surface area contributed by atoms with Gasteiger partial charge in [0, 0.05) is 44.3 Å². The molecule has 3 aromatic rings. The third-order valence-electron chi connectivity index (χ3n) is 4.26. The van der Waals surface area contributed by atoms with Gasteiger partial charge in [0.1, 0.15) is 11.9 Å². The van der Waals surface area contributed by atoms with Crippen molar-refractivity contribution >= 4 is 17.2 Å². The van der Waals surface area contributed by atoms with Crippen molar-refractivity contribution in [1.29, 1.82) is 0 Å². The third kappa shape index (κ3) is 3.60. The second-order valence-electron chi connectivity index (χ2n) is 6.11. The van der Waals surface area contributed by atoms with Crippen molar-refractivity contribution in [3.63, 3.8) is 0 Å². The molecule has 0 bridgehead atoms. The van der Waals surface area contributed by atoms with Gasteiger partial charge in [0.15, 0.2) is 11.5 Å². The molecule has 0 aromatic carbocycles. The number of carbonyl (C=O) groups is 1. The minimum atomic E-state index is -0.104. The van der Waals surface area contributed by atoms with E-state index < -0.39 is 0 Å². The van der Waals surface area contributed by atoms with Gasteiger partial charge in [-0.2, -0.15) is 4.98 Å². The lowest BCUT2D eigenvalue weighted by Gasteiger charge is -2.31. The zero-order chi connectivity index (χ0) is 17.9. The predicted molar refractivity (Wildman–Crippen MR) is 96.1 cm³/mol. The van der Waals surface area contributed by atoms with Gasteiger partial charge in [-0.1, -0.05) is 11.2 Å². The summed E-state index contributed by atoms with van der Waals surface area (Å²) in [6.45, 7) is 3.07. The maximum atomic E-state index is 12.6. The van der Waals surface area contributed by atoms with Crippen LogP contribution in [0.3, 0.4) is 0 Å². The first-order valence-electron chi connectivity index (χ1n) is 8.45. The van der Waals surface area contributed by atoms with E-state index in [1.165, 1.54) is 0 Å². The molecule has 1 aliphatic rings. The smallest absolute Gasteiger partial charge is 0.276 e. The van der Waals surface area contributed by atoms with Gasteiger partial charge in [-0.25, -0.2) is 4.98 Å². The zero-order valence-electron chi connectivity index (χ0n) is 14.3. The molecule has 8 heteroatoms. The summed E-state index contributed by atoms with van der Waals surface area (Å²) >= 11 is 1.55. The molecule has 0 atom stereocenters. The van der Waals surface area contributed by atoms with Gasteiger partial charge in [-0.05, 0) is 18.4 Å². The van der Waals surface area contributed by atoms with E-state index in [-0.39, 0.29) is 12.0 Å². The van der Waals surface area contributed by atoms with Gasteiger partial charge in [-0.15, -0.1) is 11.3 Å². The highest BCUT2D eigenvalue weighted by molar-refractivity contribution is 7.13. The van der Waals surface area contributed by atoms with Crippen molar-refractivity contribution in [1.82, 2.24) is 20.0 Å². The number of rotatable bonds is 4. The molecule has 0 aliphatic carbocycles. The van der Waals surface area contributed by atoms with Crippen LogP contribution in [0.25, 0.3) is 10.6 Å². The zero-order valence-corrected chi connectivity index (χ0v) is 15.1. The molecule has 0 spiro atoms. The molecule has 1 fully saturated rings. The first-order valence-corrected chi connectivity index (χ1v) is 9.33. The molecular formula is C18H18N4O3S. The summed E-state index contributed by atoms with van der Waals surface area (Å²) in [6, 6.07) is 7.34. The molecule has 4 heterocycles. The number of carbonyl (C=O) groups excluding carboxylic acids is 1. The standard InChI is InChI=1S/C18H18N4O3S/c1-12-19-7-4-17(20-12)24-13-5-8-22(9-6-13)18(23)14-11-15(25-21-14)16-3-2-10-26-16/h2-4,7,10-11,13H,5-6,8-9H2,1H3. The second-order valence-corrected chi connectivity index (χ2v) is 7.05. The van der Waals surface area contributed by atoms with E-state index in [0.29, 0.717) is 36.2 Å². The minimum absolute atomic E-state index is 0.0485. The van der Waals surface area contributed by atoms with E-state index in [2.05, 4.69) is 15.1 Å². The summed E-state index contributed by atoms with van der Waals surface area (Å²) in [6.07, 6.45) is 3.24. The Morgan fingerprint density at radius 1 is 1.35 bits per heavy atom. The van der Waals surface area contributed by atoms with Crippen molar-refractivity contribution in [2.24, 2.45) is 0 Å². The second kappa shape index (κ2) is 7.25. The van der Waals surface area contributed by atoms with E-state index in [0.717, 1.165) is 17.7 Å². The number of aromatic nitrogens is 3. The van der Waals surface area contributed by atoms with E-state index in [4.69, 9.17) is 9.26 Å². The topological polar surface area (TPSA) is 81.4 Å². The van der Waals surface area contributed by atoms with Crippen LogP contribution < -0.4 is 4.74 Å². The van der Waals surface area contributed by atoms with Gasteiger partial charge < -0.3 is 14.2 Å². The fourth-order valence-electron chi connectivity index (χ4n) is 2.92. The third-order valence-corrected chi connectivity index (χ3v) is 5.14. The quantitative estimate of drug-likeness (QED) is 0.702. The van der Waals surface area contributed by atoms with Gasteiger partial charge in [0.25, 0.3) is 5.91 Å². The number of piperidine rings is 1. The Morgan fingerprint density at radius 3 is 2.92 bits per heavy atom. The first kappa shape index (κ1) is 16.7. The largest absolute Gasteiger partial charge is 0.474 e. The number of nitrogens with zero attached hydrogens (tertiary/aromatic N) is 4. The molecular weight excluding hydrogens is 352 g/mol. The lowest BCUT2D eigenvalue weighted by Crippen LogP contribution is -2.42. The van der Waals surface area contributed by atoms with Crippen LogP contribution in [0.4, 0.5) is 0 Å². The summed E-state index contributed by atoms with van der Waals surface area (Å²) in [7, 11) is 0. The van der Waals surface area contributed by atoms with Gasteiger partial charge in [-0.3, -0.25) is 4.79 Å². The van der Waals surface area contributed by atoms with Crippen LogP contribution in [0.15, 0.2) is 40.4 Å². The first-order chi connectivity index (χ1) is 12.7. The van der Waals surface area contributed by atoms with Crippen LogP contribution in [-0.4, -0.2) is 45.1 Å². The van der Waals surface area contributed by atoms with Crippen molar-refractivity contribution in [3.8, 4) is 16.5 Å². The minimum Gasteiger partial charge on any atom is -0.474 e. The van der Waals surface area contributed by atoms with Gasteiger partial charge in [0.2, 0.25) is 5.88 Å². The van der Waals surface area contributed by atoms with Crippen LogP contribution in [0.1, 0.15) is 29.2 Å². The molecule has 7 nitrogen and oxygen atoms in total.